The second-order valence-electron chi connectivity index (χ2n) is 5.30. The first-order valence-corrected chi connectivity index (χ1v) is 6.40. The van der Waals surface area contributed by atoms with E-state index in [2.05, 4.69) is 57.2 Å². The van der Waals surface area contributed by atoms with E-state index in [0.29, 0.717) is 5.92 Å². The van der Waals surface area contributed by atoms with Crippen LogP contribution >= 0.6 is 0 Å². The van der Waals surface area contributed by atoms with Gasteiger partial charge < -0.3 is 0 Å². The van der Waals surface area contributed by atoms with Gasteiger partial charge in [0.2, 0.25) is 0 Å². The fraction of sp³-hybridized carbons (Fsp3) is 0.294. The normalized spacial score (nSPS) is 13.6. The molecule has 0 saturated heterocycles. The van der Waals surface area contributed by atoms with E-state index in [1.807, 2.05) is 0 Å². The Balaban J connectivity index is 2.49. The van der Waals surface area contributed by atoms with E-state index >= 15 is 0 Å². The molecule has 0 spiro atoms. The van der Waals surface area contributed by atoms with Gasteiger partial charge in [-0.25, -0.2) is 0 Å². The Hall–Kier alpha value is -1.56. The van der Waals surface area contributed by atoms with E-state index in [0.717, 1.165) is 6.42 Å². The first-order valence-electron chi connectivity index (χ1n) is 6.40. The second kappa shape index (κ2) is 3.73. The Labute approximate surface area is 103 Å². The fourth-order valence-corrected chi connectivity index (χ4v) is 3.14. The van der Waals surface area contributed by atoms with Crippen molar-refractivity contribution in [3.05, 3.63) is 52.6 Å². The van der Waals surface area contributed by atoms with E-state index < -0.39 is 0 Å². The minimum Gasteiger partial charge on any atom is -0.0795 e. The van der Waals surface area contributed by atoms with E-state index in [4.69, 9.17) is 0 Å². The van der Waals surface area contributed by atoms with Gasteiger partial charge in [-0.05, 0) is 52.3 Å². The number of hydrogen-bond donors (Lipinski definition) is 0. The van der Waals surface area contributed by atoms with Gasteiger partial charge in [0.05, 0.1) is 0 Å². The van der Waals surface area contributed by atoms with Crippen LogP contribution in [-0.4, -0.2) is 0 Å². The highest BCUT2D eigenvalue weighted by atomic mass is 14.2. The third kappa shape index (κ3) is 1.51. The SMILES string of the molecule is Cc1cc2cccc3c2c(c1C(C)C)C=CC3. The topological polar surface area (TPSA) is 0 Å². The van der Waals surface area contributed by atoms with E-state index in [1.54, 1.807) is 0 Å². The van der Waals surface area contributed by atoms with Crippen LogP contribution in [0, 0.1) is 6.92 Å². The molecule has 2 aromatic rings. The van der Waals surface area contributed by atoms with Gasteiger partial charge in [0, 0.05) is 0 Å². The molecule has 0 N–H and O–H groups in total. The lowest BCUT2D eigenvalue weighted by molar-refractivity contribution is 0.855. The van der Waals surface area contributed by atoms with Crippen LogP contribution in [0.15, 0.2) is 30.3 Å². The highest BCUT2D eigenvalue weighted by Crippen LogP contribution is 2.36. The zero-order chi connectivity index (χ0) is 12.0. The first kappa shape index (κ1) is 10.6. The molecule has 2 aromatic carbocycles. The number of aryl methyl sites for hydroxylation is 1. The summed E-state index contributed by atoms with van der Waals surface area (Å²) in [6.07, 6.45) is 5.69. The van der Waals surface area contributed by atoms with Crippen molar-refractivity contribution in [1.29, 1.82) is 0 Å². The molecule has 0 amide bonds. The van der Waals surface area contributed by atoms with Gasteiger partial charge in [0.25, 0.3) is 0 Å². The predicted octanol–water partition coefficient (Wildman–Crippen LogP) is 4.84. The average molecular weight is 222 g/mol. The minimum absolute atomic E-state index is 0.588. The van der Waals surface area contributed by atoms with Crippen molar-refractivity contribution in [2.75, 3.05) is 0 Å². The summed E-state index contributed by atoms with van der Waals surface area (Å²) in [6, 6.07) is 9.01. The summed E-state index contributed by atoms with van der Waals surface area (Å²) in [6.45, 7) is 6.81. The zero-order valence-corrected chi connectivity index (χ0v) is 10.7. The molecule has 0 aliphatic heterocycles. The van der Waals surface area contributed by atoms with Crippen molar-refractivity contribution in [2.45, 2.75) is 33.1 Å². The Morgan fingerprint density at radius 3 is 2.76 bits per heavy atom. The van der Waals surface area contributed by atoms with Crippen LogP contribution in [-0.2, 0) is 6.42 Å². The molecule has 0 bridgehead atoms. The third-order valence-electron chi connectivity index (χ3n) is 3.74. The van der Waals surface area contributed by atoms with Crippen LogP contribution in [0.3, 0.4) is 0 Å². The molecule has 0 radical (unpaired) electrons. The maximum absolute atomic E-state index is 2.34. The molecule has 0 saturated carbocycles. The lowest BCUT2D eigenvalue weighted by atomic mass is 9.84. The summed E-state index contributed by atoms with van der Waals surface area (Å²) >= 11 is 0. The summed E-state index contributed by atoms with van der Waals surface area (Å²) in [5.41, 5.74) is 5.87. The number of rotatable bonds is 1. The summed E-state index contributed by atoms with van der Waals surface area (Å²) in [7, 11) is 0. The van der Waals surface area contributed by atoms with E-state index in [-0.39, 0.29) is 0 Å². The second-order valence-corrected chi connectivity index (χ2v) is 5.30. The molecule has 17 heavy (non-hydrogen) atoms. The van der Waals surface area contributed by atoms with Crippen molar-refractivity contribution >= 4 is 16.8 Å². The first-order chi connectivity index (χ1) is 8.18. The van der Waals surface area contributed by atoms with Gasteiger partial charge >= 0.3 is 0 Å². The molecule has 0 heterocycles. The van der Waals surface area contributed by atoms with Crippen molar-refractivity contribution in [2.24, 2.45) is 0 Å². The molecule has 0 atom stereocenters. The van der Waals surface area contributed by atoms with Gasteiger partial charge in [0.1, 0.15) is 0 Å². The summed E-state index contributed by atoms with van der Waals surface area (Å²) in [4.78, 5) is 0. The standard InChI is InChI=1S/C17H18/c1-11(2)16-12(3)10-14-8-4-6-13-7-5-9-15(16)17(13)14/h4-6,8-11H,7H2,1-3H3. The molecule has 0 fully saturated rings. The van der Waals surface area contributed by atoms with Gasteiger partial charge in [-0.1, -0.05) is 50.3 Å². The van der Waals surface area contributed by atoms with Gasteiger partial charge in [0.15, 0.2) is 0 Å². The molecule has 1 aliphatic rings. The lowest BCUT2D eigenvalue weighted by Crippen LogP contribution is -2.02. The van der Waals surface area contributed by atoms with Gasteiger partial charge in [-0.2, -0.15) is 0 Å². The van der Waals surface area contributed by atoms with Crippen molar-refractivity contribution in [1.82, 2.24) is 0 Å². The Morgan fingerprint density at radius 1 is 1.18 bits per heavy atom. The van der Waals surface area contributed by atoms with Crippen LogP contribution in [0.2, 0.25) is 0 Å². The van der Waals surface area contributed by atoms with Crippen LogP contribution in [0.25, 0.3) is 16.8 Å². The molecule has 0 unspecified atom stereocenters. The molecular formula is C17H18. The molecule has 0 nitrogen and oxygen atoms in total. The Morgan fingerprint density at radius 2 is 2.00 bits per heavy atom. The molecule has 3 rings (SSSR count). The summed E-state index contributed by atoms with van der Waals surface area (Å²) in [5.74, 6) is 0.588. The smallest absolute Gasteiger partial charge is 0.00732 e. The maximum atomic E-state index is 2.34. The van der Waals surface area contributed by atoms with Gasteiger partial charge in [-0.15, -0.1) is 0 Å². The lowest BCUT2D eigenvalue weighted by Gasteiger charge is -2.21. The molecule has 1 aliphatic carbocycles. The molecule has 0 aromatic heterocycles. The van der Waals surface area contributed by atoms with Gasteiger partial charge in [-0.3, -0.25) is 0 Å². The molecule has 0 heteroatoms. The largest absolute Gasteiger partial charge is 0.0795 e. The summed E-state index contributed by atoms with van der Waals surface area (Å²) in [5, 5.41) is 2.87. The molecular weight excluding hydrogens is 204 g/mol. The molecule has 86 valence electrons. The zero-order valence-electron chi connectivity index (χ0n) is 10.7. The van der Waals surface area contributed by atoms with Crippen LogP contribution in [0.1, 0.15) is 42.0 Å². The highest BCUT2D eigenvalue weighted by Gasteiger charge is 2.16. The Kier molecular flexibility index (Phi) is 2.32. The van der Waals surface area contributed by atoms with Crippen molar-refractivity contribution in [3.8, 4) is 0 Å². The number of hydrogen-bond acceptors (Lipinski definition) is 0. The monoisotopic (exact) mass is 222 g/mol. The van der Waals surface area contributed by atoms with Crippen LogP contribution < -0.4 is 0 Å². The van der Waals surface area contributed by atoms with E-state index in [9.17, 15) is 0 Å². The van der Waals surface area contributed by atoms with E-state index in [1.165, 1.54) is 33.0 Å². The third-order valence-corrected chi connectivity index (χ3v) is 3.74. The fourth-order valence-electron chi connectivity index (χ4n) is 3.14. The Bertz CT molecular complexity index is 615. The number of benzene rings is 2. The summed E-state index contributed by atoms with van der Waals surface area (Å²) < 4.78 is 0. The number of allylic oxidation sites excluding steroid dienone is 1. The van der Waals surface area contributed by atoms with Crippen LogP contribution in [0.4, 0.5) is 0 Å². The quantitative estimate of drug-likeness (QED) is 0.647. The van der Waals surface area contributed by atoms with Crippen molar-refractivity contribution in [3.63, 3.8) is 0 Å². The maximum Gasteiger partial charge on any atom is -0.00732 e. The predicted molar refractivity (Wildman–Crippen MR) is 75.5 cm³/mol. The van der Waals surface area contributed by atoms with Crippen LogP contribution in [0.5, 0.6) is 0 Å². The highest BCUT2D eigenvalue weighted by molar-refractivity contribution is 5.97. The minimum atomic E-state index is 0.588. The van der Waals surface area contributed by atoms with Crippen molar-refractivity contribution < 1.29 is 0 Å². The average Bonchev–Trinajstić information content (AvgIpc) is 2.28.